The van der Waals surface area contributed by atoms with Gasteiger partial charge < -0.3 is 9.64 Å². The van der Waals surface area contributed by atoms with E-state index in [1.165, 1.54) is 12.1 Å². The highest BCUT2D eigenvalue weighted by Gasteiger charge is 2.24. The zero-order valence-corrected chi connectivity index (χ0v) is 18.9. The molecule has 1 heterocycles. The molecular weight excluding hydrogens is 416 g/mol. The lowest BCUT2D eigenvalue weighted by Gasteiger charge is -2.26. The van der Waals surface area contributed by atoms with Gasteiger partial charge in [0.1, 0.15) is 0 Å². The van der Waals surface area contributed by atoms with Crippen LogP contribution in [0, 0.1) is 20.8 Å². The molecule has 1 fully saturated rings. The minimum atomic E-state index is -3.93. The highest BCUT2D eigenvalue weighted by molar-refractivity contribution is 7.92. The van der Waals surface area contributed by atoms with Crippen LogP contribution in [-0.4, -0.2) is 44.9 Å². The maximum absolute atomic E-state index is 13.1. The molecule has 1 aliphatic heterocycles. The van der Waals surface area contributed by atoms with Crippen molar-refractivity contribution in [2.45, 2.75) is 44.9 Å². The van der Waals surface area contributed by atoms with Crippen LogP contribution in [0.15, 0.2) is 41.3 Å². The van der Waals surface area contributed by atoms with Crippen LogP contribution >= 0.6 is 0 Å². The molecule has 1 N–H and O–H groups in total. The van der Waals surface area contributed by atoms with Gasteiger partial charge in [0.25, 0.3) is 15.9 Å². The third kappa shape index (κ3) is 5.44. The molecule has 8 heteroatoms. The molecule has 0 unspecified atom stereocenters. The second-order valence-electron chi connectivity index (χ2n) is 7.90. The summed E-state index contributed by atoms with van der Waals surface area (Å²) in [5.74, 6) is -0.988. The summed E-state index contributed by atoms with van der Waals surface area (Å²) in [7, 11) is -3.93. The number of benzene rings is 2. The van der Waals surface area contributed by atoms with Gasteiger partial charge in [-0.05, 0) is 63.3 Å². The Morgan fingerprint density at radius 2 is 1.61 bits per heavy atom. The highest BCUT2D eigenvalue weighted by Crippen LogP contribution is 2.26. The zero-order valence-electron chi connectivity index (χ0n) is 18.1. The highest BCUT2D eigenvalue weighted by atomic mass is 32.2. The third-order valence-corrected chi connectivity index (χ3v) is 6.97. The summed E-state index contributed by atoms with van der Waals surface area (Å²) in [6.07, 6.45) is 2.99. The van der Waals surface area contributed by atoms with Gasteiger partial charge in [-0.15, -0.1) is 0 Å². The predicted molar refractivity (Wildman–Crippen MR) is 119 cm³/mol. The fraction of sp³-hybridized carbons (Fsp3) is 0.391. The molecule has 2 aromatic rings. The van der Waals surface area contributed by atoms with Gasteiger partial charge in [0.05, 0.1) is 16.1 Å². The van der Waals surface area contributed by atoms with E-state index in [0.29, 0.717) is 24.2 Å². The number of nitrogens with one attached hydrogen (secondary N) is 1. The summed E-state index contributed by atoms with van der Waals surface area (Å²) >= 11 is 0. The van der Waals surface area contributed by atoms with Gasteiger partial charge >= 0.3 is 5.97 Å². The second kappa shape index (κ2) is 9.51. The van der Waals surface area contributed by atoms with Gasteiger partial charge in [0.15, 0.2) is 6.61 Å². The number of anilines is 1. The van der Waals surface area contributed by atoms with E-state index in [1.54, 1.807) is 43.0 Å². The van der Waals surface area contributed by atoms with Crippen molar-refractivity contribution in [1.82, 2.24) is 4.90 Å². The Morgan fingerprint density at radius 1 is 1.00 bits per heavy atom. The Morgan fingerprint density at radius 3 is 2.26 bits per heavy atom. The number of likely N-dealkylation sites (tertiary alicyclic amines) is 1. The molecule has 0 saturated carbocycles. The van der Waals surface area contributed by atoms with Crippen LogP contribution in [-0.2, 0) is 19.6 Å². The molecule has 0 aliphatic carbocycles. The molecule has 1 amide bonds. The minimum Gasteiger partial charge on any atom is -0.452 e. The van der Waals surface area contributed by atoms with Gasteiger partial charge in [0.2, 0.25) is 0 Å². The molecule has 1 saturated heterocycles. The van der Waals surface area contributed by atoms with Crippen molar-refractivity contribution < 1.29 is 22.7 Å². The molecule has 0 bridgehead atoms. The van der Waals surface area contributed by atoms with E-state index < -0.39 is 16.0 Å². The zero-order chi connectivity index (χ0) is 22.6. The number of piperidine rings is 1. The number of carbonyl (C=O) groups excluding carboxylic acids is 2. The smallest absolute Gasteiger partial charge is 0.340 e. The summed E-state index contributed by atoms with van der Waals surface area (Å²) in [6.45, 7) is 6.35. The number of ether oxygens (including phenoxy) is 1. The van der Waals surface area contributed by atoms with E-state index in [-0.39, 0.29) is 28.7 Å². The van der Waals surface area contributed by atoms with E-state index >= 15 is 0 Å². The van der Waals surface area contributed by atoms with Crippen LogP contribution in [0.3, 0.4) is 0 Å². The average Bonchev–Trinajstić information content (AvgIpc) is 2.71. The van der Waals surface area contributed by atoms with E-state index in [4.69, 9.17) is 4.74 Å². The van der Waals surface area contributed by atoms with Crippen LogP contribution in [0.2, 0.25) is 0 Å². The van der Waals surface area contributed by atoms with Gasteiger partial charge in [-0.3, -0.25) is 9.52 Å². The van der Waals surface area contributed by atoms with Crippen LogP contribution in [0.1, 0.15) is 46.3 Å². The first kappa shape index (κ1) is 22.8. The topological polar surface area (TPSA) is 92.8 Å². The number of nitrogens with zero attached hydrogens (tertiary/aromatic N) is 1. The lowest BCUT2D eigenvalue weighted by Crippen LogP contribution is -2.38. The standard InChI is InChI=1S/C23H28N2O5S/c1-16-13-17(2)22(18(3)14-16)31(28,29)24-20-10-6-5-9-19(20)23(27)30-15-21(26)25-11-7-4-8-12-25/h5-6,9-10,13-14,24H,4,7-8,11-12,15H2,1-3H3. The van der Waals surface area contributed by atoms with Gasteiger partial charge in [-0.2, -0.15) is 0 Å². The second-order valence-corrected chi connectivity index (χ2v) is 9.52. The van der Waals surface area contributed by atoms with E-state index in [1.807, 2.05) is 6.92 Å². The number of hydrogen-bond donors (Lipinski definition) is 1. The molecule has 3 rings (SSSR count). The summed E-state index contributed by atoms with van der Waals surface area (Å²) in [4.78, 5) is 26.8. The molecule has 0 aromatic heterocycles. The number of carbonyl (C=O) groups is 2. The number of sulfonamides is 1. The van der Waals surface area contributed by atoms with Crippen molar-refractivity contribution in [1.29, 1.82) is 0 Å². The molecule has 0 atom stereocenters. The van der Waals surface area contributed by atoms with Crippen molar-refractivity contribution in [2.75, 3.05) is 24.4 Å². The lowest BCUT2D eigenvalue weighted by molar-refractivity contribution is -0.135. The fourth-order valence-electron chi connectivity index (χ4n) is 3.98. The van der Waals surface area contributed by atoms with Crippen molar-refractivity contribution in [2.24, 2.45) is 0 Å². The summed E-state index contributed by atoms with van der Waals surface area (Å²) in [5, 5.41) is 0. The molecule has 31 heavy (non-hydrogen) atoms. The third-order valence-electron chi connectivity index (χ3n) is 5.30. The molecule has 166 valence electrons. The molecular formula is C23H28N2O5S. The minimum absolute atomic E-state index is 0.0555. The first-order valence-electron chi connectivity index (χ1n) is 10.3. The van der Waals surface area contributed by atoms with Gasteiger partial charge in [0, 0.05) is 13.1 Å². The van der Waals surface area contributed by atoms with E-state index in [0.717, 1.165) is 24.8 Å². The van der Waals surface area contributed by atoms with Crippen molar-refractivity contribution in [3.63, 3.8) is 0 Å². The predicted octanol–water partition coefficient (Wildman–Crippen LogP) is 3.58. The number of esters is 1. The van der Waals surface area contributed by atoms with Crippen molar-refractivity contribution in [3.05, 3.63) is 58.7 Å². The Balaban J connectivity index is 1.77. The van der Waals surface area contributed by atoms with Crippen LogP contribution in [0.25, 0.3) is 0 Å². The SMILES string of the molecule is Cc1cc(C)c(S(=O)(=O)Nc2ccccc2C(=O)OCC(=O)N2CCCCC2)c(C)c1. The first-order valence-corrected chi connectivity index (χ1v) is 11.8. The Bertz CT molecular complexity index is 1070. The Hall–Kier alpha value is -2.87. The number of aryl methyl sites for hydroxylation is 3. The maximum Gasteiger partial charge on any atom is 0.340 e. The molecule has 7 nitrogen and oxygen atoms in total. The largest absolute Gasteiger partial charge is 0.452 e. The number of rotatable bonds is 6. The lowest BCUT2D eigenvalue weighted by atomic mass is 10.1. The van der Waals surface area contributed by atoms with E-state index in [2.05, 4.69) is 4.72 Å². The summed E-state index contributed by atoms with van der Waals surface area (Å²) in [6, 6.07) is 9.81. The molecule has 2 aromatic carbocycles. The molecule has 0 radical (unpaired) electrons. The number of amides is 1. The Kier molecular flexibility index (Phi) is 7.00. The fourth-order valence-corrected chi connectivity index (χ4v) is 5.51. The maximum atomic E-state index is 13.1. The quantitative estimate of drug-likeness (QED) is 0.688. The van der Waals surface area contributed by atoms with Gasteiger partial charge in [-0.25, -0.2) is 13.2 Å². The van der Waals surface area contributed by atoms with Crippen molar-refractivity contribution >= 4 is 27.6 Å². The first-order chi connectivity index (χ1) is 14.7. The average molecular weight is 445 g/mol. The summed E-state index contributed by atoms with van der Waals surface area (Å²) < 4.78 is 33.9. The monoisotopic (exact) mass is 444 g/mol. The Labute approximate surface area is 183 Å². The van der Waals surface area contributed by atoms with Crippen LogP contribution in [0.4, 0.5) is 5.69 Å². The van der Waals surface area contributed by atoms with Crippen LogP contribution in [0.5, 0.6) is 0 Å². The number of hydrogen-bond acceptors (Lipinski definition) is 5. The van der Waals surface area contributed by atoms with Crippen molar-refractivity contribution in [3.8, 4) is 0 Å². The number of para-hydroxylation sites is 1. The van der Waals surface area contributed by atoms with Gasteiger partial charge in [-0.1, -0.05) is 29.8 Å². The van der Waals surface area contributed by atoms with Crippen LogP contribution < -0.4 is 4.72 Å². The molecule has 1 aliphatic rings. The summed E-state index contributed by atoms with van der Waals surface area (Å²) in [5.41, 5.74) is 2.38. The molecule has 0 spiro atoms. The van der Waals surface area contributed by atoms with E-state index in [9.17, 15) is 18.0 Å². The normalized spacial score (nSPS) is 14.2.